The van der Waals surface area contributed by atoms with Gasteiger partial charge in [-0.2, -0.15) is 0 Å². The summed E-state index contributed by atoms with van der Waals surface area (Å²) in [6, 6.07) is 11.7. The third kappa shape index (κ3) is 3.11. The minimum Gasteiger partial charge on any atom is -0.461 e. The lowest BCUT2D eigenvalue weighted by Gasteiger charge is -2.10. The molecule has 1 aliphatic heterocycles. The van der Waals surface area contributed by atoms with Gasteiger partial charge in [0.05, 0.1) is 17.1 Å². The number of nitrogens with zero attached hydrogens (tertiary/aromatic N) is 3. The average Bonchev–Trinajstić information content (AvgIpc) is 3.03. The fourth-order valence-corrected chi connectivity index (χ4v) is 2.35. The summed E-state index contributed by atoms with van der Waals surface area (Å²) in [5.41, 5.74) is 3.32. The van der Waals surface area contributed by atoms with Crippen LogP contribution >= 0.6 is 0 Å². The molecule has 6 nitrogen and oxygen atoms in total. The van der Waals surface area contributed by atoms with Gasteiger partial charge in [-0.15, -0.1) is 0 Å². The molecule has 0 fully saturated rings. The van der Waals surface area contributed by atoms with Gasteiger partial charge < -0.3 is 9.57 Å². The lowest BCUT2D eigenvalue weighted by atomic mass is 10.0. The fourth-order valence-electron chi connectivity index (χ4n) is 2.35. The Morgan fingerprint density at radius 2 is 2.14 bits per heavy atom. The number of benzene rings is 1. The maximum atomic E-state index is 10.3. The Hall–Kier alpha value is -2.76. The topological polar surface area (TPSA) is 73.7 Å². The van der Waals surface area contributed by atoms with Crippen molar-refractivity contribution in [3.63, 3.8) is 0 Å². The van der Waals surface area contributed by atoms with Crippen LogP contribution in [0.4, 0.5) is 0 Å². The van der Waals surface area contributed by atoms with E-state index in [-0.39, 0.29) is 12.7 Å². The molecule has 2 aromatic rings. The van der Waals surface area contributed by atoms with E-state index < -0.39 is 0 Å². The molecule has 1 unspecified atom stereocenters. The highest BCUT2D eigenvalue weighted by Gasteiger charge is 2.25. The molecular formula is C16H15N3O3. The molecule has 112 valence electrons. The fraction of sp³-hybridized carbons (Fsp3) is 0.250. The van der Waals surface area contributed by atoms with E-state index in [1.54, 1.807) is 13.0 Å². The Labute approximate surface area is 127 Å². The lowest BCUT2D eigenvalue weighted by Crippen LogP contribution is -2.07. The second-order valence-electron chi connectivity index (χ2n) is 4.94. The summed E-state index contributed by atoms with van der Waals surface area (Å²) in [5, 5.41) is 4.15. The van der Waals surface area contributed by atoms with Crippen molar-refractivity contribution in [2.75, 3.05) is 0 Å². The van der Waals surface area contributed by atoms with Crippen LogP contribution < -0.4 is 0 Å². The molecule has 0 spiro atoms. The Morgan fingerprint density at radius 1 is 1.32 bits per heavy atom. The minimum absolute atomic E-state index is 0.124. The molecule has 0 amide bonds. The van der Waals surface area contributed by atoms with E-state index in [0.717, 1.165) is 17.0 Å². The number of aryl methyl sites for hydroxylation is 1. The van der Waals surface area contributed by atoms with E-state index in [9.17, 15) is 4.79 Å². The highest BCUT2D eigenvalue weighted by atomic mass is 16.6. The van der Waals surface area contributed by atoms with Crippen LogP contribution in [0.5, 0.6) is 0 Å². The van der Waals surface area contributed by atoms with Gasteiger partial charge in [0.25, 0.3) is 6.47 Å². The Kier molecular flexibility index (Phi) is 4.09. The number of hydrogen-bond donors (Lipinski definition) is 0. The van der Waals surface area contributed by atoms with Crippen LogP contribution in [0.15, 0.2) is 41.6 Å². The number of aromatic nitrogens is 2. The number of hydrogen-bond acceptors (Lipinski definition) is 6. The number of rotatable bonds is 5. The molecule has 0 saturated carbocycles. The zero-order chi connectivity index (χ0) is 15.4. The second-order valence-corrected chi connectivity index (χ2v) is 4.94. The van der Waals surface area contributed by atoms with E-state index >= 15 is 0 Å². The van der Waals surface area contributed by atoms with Crippen LogP contribution in [0.3, 0.4) is 0 Å². The summed E-state index contributed by atoms with van der Waals surface area (Å²) < 4.78 is 4.74. The number of carbonyl (C=O) groups excluding carboxylic acids is 1. The molecule has 1 aromatic carbocycles. The molecule has 2 heterocycles. The summed E-state index contributed by atoms with van der Waals surface area (Å²) >= 11 is 0. The van der Waals surface area contributed by atoms with Gasteiger partial charge >= 0.3 is 0 Å². The van der Waals surface area contributed by atoms with Gasteiger partial charge in [0, 0.05) is 6.42 Å². The van der Waals surface area contributed by atoms with Gasteiger partial charge in [-0.05, 0) is 18.6 Å². The largest absolute Gasteiger partial charge is 0.461 e. The van der Waals surface area contributed by atoms with Crippen LogP contribution in [-0.4, -0.2) is 22.2 Å². The third-order valence-corrected chi connectivity index (χ3v) is 3.32. The van der Waals surface area contributed by atoms with Crippen LogP contribution in [0.25, 0.3) is 0 Å². The van der Waals surface area contributed by atoms with E-state index in [4.69, 9.17) is 9.57 Å². The van der Waals surface area contributed by atoms with Gasteiger partial charge in [-0.3, -0.25) is 4.79 Å². The van der Waals surface area contributed by atoms with Crippen molar-refractivity contribution in [3.8, 4) is 0 Å². The molecule has 0 saturated heterocycles. The van der Waals surface area contributed by atoms with Gasteiger partial charge in [0.1, 0.15) is 12.4 Å². The average molecular weight is 297 g/mol. The summed E-state index contributed by atoms with van der Waals surface area (Å²) in [7, 11) is 0. The van der Waals surface area contributed by atoms with E-state index in [1.165, 1.54) is 0 Å². The Morgan fingerprint density at radius 3 is 2.91 bits per heavy atom. The highest BCUT2D eigenvalue weighted by Crippen LogP contribution is 2.28. The van der Waals surface area contributed by atoms with Crippen LogP contribution in [0, 0.1) is 6.92 Å². The standard InChI is InChI=1S/C16H15N3O3/c1-11-17-13(9-21-10-20)7-15(18-11)16-8-14(19-22-16)12-5-3-2-4-6-12/h2-7,10,16H,8-9H2,1H3. The number of carbonyl (C=O) groups is 1. The summed E-state index contributed by atoms with van der Waals surface area (Å²) in [4.78, 5) is 24.4. The van der Waals surface area contributed by atoms with Crippen molar-refractivity contribution in [3.05, 3.63) is 59.2 Å². The first kappa shape index (κ1) is 14.2. The normalized spacial score (nSPS) is 16.8. The van der Waals surface area contributed by atoms with E-state index in [1.807, 2.05) is 30.3 Å². The van der Waals surface area contributed by atoms with Gasteiger partial charge in [0.2, 0.25) is 0 Å². The quantitative estimate of drug-likeness (QED) is 0.792. The van der Waals surface area contributed by atoms with Crippen molar-refractivity contribution in [1.29, 1.82) is 0 Å². The zero-order valence-corrected chi connectivity index (χ0v) is 12.1. The number of oxime groups is 1. The number of ether oxygens (including phenoxy) is 1. The molecule has 22 heavy (non-hydrogen) atoms. The van der Waals surface area contributed by atoms with Gasteiger partial charge in [0.15, 0.2) is 6.10 Å². The van der Waals surface area contributed by atoms with Crippen molar-refractivity contribution in [2.24, 2.45) is 5.16 Å². The van der Waals surface area contributed by atoms with Crippen LogP contribution in [0.2, 0.25) is 0 Å². The molecule has 0 aliphatic carbocycles. The predicted molar refractivity (Wildman–Crippen MR) is 79.0 cm³/mol. The Balaban J connectivity index is 1.76. The highest BCUT2D eigenvalue weighted by molar-refractivity contribution is 6.01. The summed E-state index contributed by atoms with van der Waals surface area (Å²) in [5.74, 6) is 0.610. The summed E-state index contributed by atoms with van der Waals surface area (Å²) in [6.07, 6.45) is 0.404. The minimum atomic E-state index is -0.244. The molecule has 1 aliphatic rings. The smallest absolute Gasteiger partial charge is 0.293 e. The molecule has 3 rings (SSSR count). The first-order chi connectivity index (χ1) is 10.8. The SMILES string of the molecule is Cc1nc(COC=O)cc(C2CC(c3ccccc3)=NO2)n1. The van der Waals surface area contributed by atoms with E-state index in [0.29, 0.717) is 24.4 Å². The first-order valence-electron chi connectivity index (χ1n) is 6.94. The van der Waals surface area contributed by atoms with Gasteiger partial charge in [-0.1, -0.05) is 35.5 Å². The van der Waals surface area contributed by atoms with Crippen molar-refractivity contribution < 1.29 is 14.4 Å². The van der Waals surface area contributed by atoms with Crippen molar-refractivity contribution in [2.45, 2.75) is 26.1 Å². The predicted octanol–water partition coefficient (Wildman–Crippen LogP) is 2.32. The lowest BCUT2D eigenvalue weighted by molar-refractivity contribution is -0.129. The molecule has 0 N–H and O–H groups in total. The zero-order valence-electron chi connectivity index (χ0n) is 12.1. The monoisotopic (exact) mass is 297 g/mol. The Bertz CT molecular complexity index is 701. The third-order valence-electron chi connectivity index (χ3n) is 3.32. The van der Waals surface area contributed by atoms with E-state index in [2.05, 4.69) is 15.1 Å². The maximum absolute atomic E-state index is 10.3. The van der Waals surface area contributed by atoms with Crippen molar-refractivity contribution in [1.82, 2.24) is 9.97 Å². The molecule has 1 atom stereocenters. The van der Waals surface area contributed by atoms with Crippen molar-refractivity contribution >= 4 is 12.2 Å². The van der Waals surface area contributed by atoms with Gasteiger partial charge in [-0.25, -0.2) is 9.97 Å². The van der Waals surface area contributed by atoms with Crippen LogP contribution in [-0.2, 0) is 21.0 Å². The first-order valence-corrected chi connectivity index (χ1v) is 6.94. The molecule has 1 aromatic heterocycles. The molecule has 0 bridgehead atoms. The van der Waals surface area contributed by atoms with Crippen LogP contribution in [0.1, 0.15) is 35.3 Å². The molecular weight excluding hydrogens is 282 g/mol. The summed E-state index contributed by atoms with van der Waals surface area (Å²) in [6.45, 7) is 2.32. The maximum Gasteiger partial charge on any atom is 0.293 e. The molecule has 0 radical (unpaired) electrons. The second kappa shape index (κ2) is 6.34. The molecule has 6 heteroatoms.